The van der Waals surface area contributed by atoms with Crippen LogP contribution in [0.3, 0.4) is 0 Å². The topological polar surface area (TPSA) is 21.3 Å². The Morgan fingerprint density at radius 2 is 2.26 bits per heavy atom. The largest absolute Gasteiger partial charge is 0.378 e. The van der Waals surface area contributed by atoms with Crippen molar-refractivity contribution in [2.45, 2.75) is 46.1 Å². The van der Waals surface area contributed by atoms with Gasteiger partial charge in [-0.05, 0) is 45.2 Å². The van der Waals surface area contributed by atoms with E-state index in [1.54, 1.807) is 0 Å². The summed E-state index contributed by atoms with van der Waals surface area (Å²) in [6.07, 6.45) is 3.82. The Morgan fingerprint density at radius 3 is 2.89 bits per heavy atom. The van der Waals surface area contributed by atoms with E-state index in [2.05, 4.69) is 50.4 Å². The van der Waals surface area contributed by atoms with Crippen molar-refractivity contribution in [3.8, 4) is 0 Å². The van der Waals surface area contributed by atoms with Crippen LogP contribution in [0, 0.1) is 12.3 Å². The van der Waals surface area contributed by atoms with Gasteiger partial charge in [-0.25, -0.2) is 0 Å². The number of aryl methyl sites for hydroxylation is 1. The second kappa shape index (κ2) is 6.53. The summed E-state index contributed by atoms with van der Waals surface area (Å²) in [5, 5.41) is 3.60. The third-order valence-corrected chi connectivity index (χ3v) is 4.37. The highest BCUT2D eigenvalue weighted by Gasteiger charge is 2.41. The number of rotatable bonds is 6. The van der Waals surface area contributed by atoms with E-state index >= 15 is 0 Å². The third kappa shape index (κ3) is 3.58. The van der Waals surface area contributed by atoms with Crippen molar-refractivity contribution in [1.82, 2.24) is 5.32 Å². The van der Waals surface area contributed by atoms with E-state index in [-0.39, 0.29) is 5.41 Å². The lowest BCUT2D eigenvalue weighted by Gasteiger charge is -2.33. The Morgan fingerprint density at radius 1 is 1.42 bits per heavy atom. The second-order valence-corrected chi connectivity index (χ2v) is 5.97. The molecule has 19 heavy (non-hydrogen) atoms. The molecular formula is C17H27NO. The van der Waals surface area contributed by atoms with Crippen molar-refractivity contribution in [3.63, 3.8) is 0 Å². The summed E-state index contributed by atoms with van der Waals surface area (Å²) >= 11 is 0. The van der Waals surface area contributed by atoms with Crippen LogP contribution in [0.15, 0.2) is 24.3 Å². The fourth-order valence-corrected chi connectivity index (χ4v) is 3.09. The van der Waals surface area contributed by atoms with Crippen LogP contribution in [0.2, 0.25) is 0 Å². The van der Waals surface area contributed by atoms with Crippen LogP contribution < -0.4 is 5.32 Å². The minimum atomic E-state index is 0.267. The second-order valence-electron chi connectivity index (χ2n) is 5.97. The average Bonchev–Trinajstić information content (AvgIpc) is 2.71. The fourth-order valence-electron chi connectivity index (χ4n) is 3.09. The maximum atomic E-state index is 5.86. The number of nitrogens with one attached hydrogen (secondary N) is 1. The molecule has 0 saturated carbocycles. The van der Waals surface area contributed by atoms with Gasteiger partial charge in [-0.3, -0.25) is 0 Å². The van der Waals surface area contributed by atoms with Crippen molar-refractivity contribution < 1.29 is 4.74 Å². The summed E-state index contributed by atoms with van der Waals surface area (Å²) < 4.78 is 5.86. The Balaban J connectivity index is 2.09. The zero-order valence-corrected chi connectivity index (χ0v) is 12.5. The molecule has 106 valence electrons. The van der Waals surface area contributed by atoms with Crippen LogP contribution in [-0.2, 0) is 11.2 Å². The number of benzene rings is 1. The Bertz CT molecular complexity index is 404. The molecule has 2 rings (SSSR count). The van der Waals surface area contributed by atoms with E-state index in [4.69, 9.17) is 4.74 Å². The highest BCUT2D eigenvalue weighted by molar-refractivity contribution is 5.24. The van der Waals surface area contributed by atoms with Crippen molar-refractivity contribution in [2.75, 3.05) is 19.7 Å². The minimum absolute atomic E-state index is 0.267. The highest BCUT2D eigenvalue weighted by atomic mass is 16.5. The van der Waals surface area contributed by atoms with E-state index in [0.717, 1.165) is 26.1 Å². The van der Waals surface area contributed by atoms with E-state index < -0.39 is 0 Å². The molecule has 2 heteroatoms. The molecule has 2 unspecified atom stereocenters. The molecule has 1 aromatic carbocycles. The van der Waals surface area contributed by atoms with Gasteiger partial charge in [0.2, 0.25) is 0 Å². The van der Waals surface area contributed by atoms with Gasteiger partial charge in [0.25, 0.3) is 0 Å². The SMILES string of the molecule is CCCNCC1(Cc2cccc(C)c2)CCOC1C. The molecule has 2 nitrogen and oxygen atoms in total. The van der Waals surface area contributed by atoms with Crippen LogP contribution >= 0.6 is 0 Å². The number of ether oxygens (including phenoxy) is 1. The molecule has 0 aromatic heterocycles. The van der Waals surface area contributed by atoms with Gasteiger partial charge < -0.3 is 10.1 Å². The third-order valence-electron chi connectivity index (χ3n) is 4.37. The van der Waals surface area contributed by atoms with Gasteiger partial charge in [-0.15, -0.1) is 0 Å². The summed E-state index contributed by atoms with van der Waals surface area (Å²) in [5.41, 5.74) is 3.06. The molecular weight excluding hydrogens is 234 g/mol. The highest BCUT2D eigenvalue weighted by Crippen LogP contribution is 2.37. The molecule has 0 amide bonds. The van der Waals surface area contributed by atoms with E-state index in [1.165, 1.54) is 24.0 Å². The van der Waals surface area contributed by atoms with Gasteiger partial charge >= 0.3 is 0 Å². The standard InChI is InChI=1S/C17H27NO/c1-4-9-18-13-17(8-10-19-15(17)3)12-16-7-5-6-14(2)11-16/h5-7,11,15,18H,4,8-10,12-13H2,1-3H3. The Labute approximate surface area is 117 Å². The molecule has 1 aliphatic heterocycles. The first-order valence-corrected chi connectivity index (χ1v) is 7.54. The minimum Gasteiger partial charge on any atom is -0.378 e. The molecule has 0 bridgehead atoms. The first-order chi connectivity index (χ1) is 9.16. The molecule has 1 saturated heterocycles. The van der Waals surface area contributed by atoms with Gasteiger partial charge in [0.05, 0.1) is 6.10 Å². The van der Waals surface area contributed by atoms with Gasteiger partial charge in [-0.1, -0.05) is 36.8 Å². The van der Waals surface area contributed by atoms with Crippen molar-refractivity contribution in [3.05, 3.63) is 35.4 Å². The van der Waals surface area contributed by atoms with Gasteiger partial charge in [0, 0.05) is 18.6 Å². The summed E-state index contributed by atoms with van der Waals surface area (Å²) in [4.78, 5) is 0. The molecule has 0 aliphatic carbocycles. The van der Waals surface area contributed by atoms with Crippen LogP contribution in [0.1, 0.15) is 37.8 Å². The molecule has 0 spiro atoms. The van der Waals surface area contributed by atoms with Crippen LogP contribution in [0.4, 0.5) is 0 Å². The quantitative estimate of drug-likeness (QED) is 0.793. The van der Waals surface area contributed by atoms with E-state index in [9.17, 15) is 0 Å². The summed E-state index contributed by atoms with van der Waals surface area (Å²) in [5.74, 6) is 0. The van der Waals surface area contributed by atoms with Gasteiger partial charge in [0.1, 0.15) is 0 Å². The molecule has 1 N–H and O–H groups in total. The monoisotopic (exact) mass is 261 g/mol. The zero-order chi connectivity index (χ0) is 13.7. The maximum absolute atomic E-state index is 5.86. The van der Waals surface area contributed by atoms with Crippen molar-refractivity contribution in [2.24, 2.45) is 5.41 Å². The lowest BCUT2D eigenvalue weighted by molar-refractivity contribution is 0.0631. The molecule has 1 aromatic rings. The molecule has 0 radical (unpaired) electrons. The van der Waals surface area contributed by atoms with E-state index in [0.29, 0.717) is 6.10 Å². The van der Waals surface area contributed by atoms with Crippen LogP contribution in [0.25, 0.3) is 0 Å². The number of hydrogen-bond acceptors (Lipinski definition) is 2. The maximum Gasteiger partial charge on any atom is 0.0619 e. The summed E-state index contributed by atoms with van der Waals surface area (Å²) in [6.45, 7) is 9.68. The zero-order valence-electron chi connectivity index (χ0n) is 12.5. The normalized spacial score (nSPS) is 26.8. The molecule has 2 atom stereocenters. The first kappa shape index (κ1) is 14.5. The smallest absolute Gasteiger partial charge is 0.0619 e. The first-order valence-electron chi connectivity index (χ1n) is 7.54. The predicted molar refractivity (Wildman–Crippen MR) is 80.5 cm³/mol. The lowest BCUT2D eigenvalue weighted by Crippen LogP contribution is -2.41. The van der Waals surface area contributed by atoms with Gasteiger partial charge in [0.15, 0.2) is 0 Å². The Kier molecular flexibility index (Phi) is 5.00. The predicted octanol–water partition coefficient (Wildman–Crippen LogP) is 3.33. The van der Waals surface area contributed by atoms with Crippen LogP contribution in [-0.4, -0.2) is 25.8 Å². The molecule has 1 fully saturated rings. The van der Waals surface area contributed by atoms with Crippen LogP contribution in [0.5, 0.6) is 0 Å². The fraction of sp³-hybridized carbons (Fsp3) is 0.647. The summed E-state index contributed by atoms with van der Waals surface area (Å²) in [6, 6.07) is 8.89. The summed E-state index contributed by atoms with van der Waals surface area (Å²) in [7, 11) is 0. The average molecular weight is 261 g/mol. The molecule has 1 aliphatic rings. The van der Waals surface area contributed by atoms with E-state index in [1.807, 2.05) is 0 Å². The Hall–Kier alpha value is -0.860. The molecule has 1 heterocycles. The van der Waals surface area contributed by atoms with Crippen molar-refractivity contribution in [1.29, 1.82) is 0 Å². The lowest BCUT2D eigenvalue weighted by atomic mass is 9.76. The van der Waals surface area contributed by atoms with Gasteiger partial charge in [-0.2, -0.15) is 0 Å². The number of hydrogen-bond donors (Lipinski definition) is 1. The van der Waals surface area contributed by atoms with Crippen molar-refractivity contribution >= 4 is 0 Å².